The molecule has 0 saturated heterocycles. The van der Waals surface area contributed by atoms with Crippen LogP contribution >= 0.6 is 15.9 Å². The molecule has 1 atom stereocenters. The van der Waals surface area contributed by atoms with Crippen molar-refractivity contribution in [2.24, 2.45) is 5.73 Å². The fourth-order valence-electron chi connectivity index (χ4n) is 2.03. The van der Waals surface area contributed by atoms with E-state index in [0.29, 0.717) is 13.1 Å². The lowest BCUT2D eigenvalue weighted by Crippen LogP contribution is -2.33. The van der Waals surface area contributed by atoms with Gasteiger partial charge in [0.25, 0.3) is 0 Å². The molecule has 20 heavy (non-hydrogen) atoms. The Balaban J connectivity index is 2.02. The number of carbonyl (C=O) groups excluding carboxylic acids is 1. The molecule has 1 unspecified atom stereocenters. The molecule has 0 fully saturated rings. The van der Waals surface area contributed by atoms with Gasteiger partial charge in [0.15, 0.2) is 0 Å². The molecule has 1 amide bonds. The van der Waals surface area contributed by atoms with Crippen LogP contribution in [0.2, 0.25) is 0 Å². The molecule has 4 heteroatoms. The largest absolute Gasteiger partial charge is 0.351 e. The predicted molar refractivity (Wildman–Crippen MR) is 84.2 cm³/mol. The summed E-state index contributed by atoms with van der Waals surface area (Å²) in [4.78, 5) is 12.3. The van der Waals surface area contributed by atoms with Crippen molar-refractivity contribution < 1.29 is 4.79 Å². The molecule has 3 N–H and O–H groups in total. The summed E-state index contributed by atoms with van der Waals surface area (Å²) in [5, 5.41) is 2.94. The zero-order chi connectivity index (χ0) is 14.4. The Bertz CT molecular complexity index is 572. The maximum absolute atomic E-state index is 12.3. The van der Waals surface area contributed by atoms with Gasteiger partial charge in [-0.15, -0.1) is 0 Å². The van der Waals surface area contributed by atoms with Gasteiger partial charge in [-0.3, -0.25) is 4.79 Å². The summed E-state index contributed by atoms with van der Waals surface area (Å²) in [7, 11) is 0. The summed E-state index contributed by atoms with van der Waals surface area (Å²) in [6, 6.07) is 17.4. The number of nitrogens with one attached hydrogen (secondary N) is 1. The molecule has 0 spiro atoms. The first-order valence-corrected chi connectivity index (χ1v) is 7.28. The highest BCUT2D eigenvalue weighted by molar-refractivity contribution is 9.10. The average molecular weight is 333 g/mol. The lowest BCUT2D eigenvalue weighted by Gasteiger charge is -2.15. The monoisotopic (exact) mass is 332 g/mol. The van der Waals surface area contributed by atoms with Gasteiger partial charge in [0.05, 0.1) is 5.92 Å². The Morgan fingerprint density at radius 2 is 1.75 bits per heavy atom. The van der Waals surface area contributed by atoms with Crippen LogP contribution in [0.4, 0.5) is 0 Å². The Morgan fingerprint density at radius 3 is 2.40 bits per heavy atom. The highest BCUT2D eigenvalue weighted by atomic mass is 79.9. The van der Waals surface area contributed by atoms with Crippen LogP contribution in [0.3, 0.4) is 0 Å². The first kappa shape index (κ1) is 14.8. The lowest BCUT2D eigenvalue weighted by atomic mass is 9.98. The molecule has 2 rings (SSSR count). The van der Waals surface area contributed by atoms with Gasteiger partial charge in [0.2, 0.25) is 5.91 Å². The standard InChI is InChI=1S/C16H17BrN2O/c17-15-9-5-4-8-13(15)11-19-16(20)14(10-18)12-6-2-1-3-7-12/h1-9,14H,10-11,18H2,(H,19,20). The number of amides is 1. The molecular formula is C16H17BrN2O. The van der Waals surface area contributed by atoms with Crippen molar-refractivity contribution in [3.05, 3.63) is 70.2 Å². The number of rotatable bonds is 5. The second kappa shape index (κ2) is 7.22. The summed E-state index contributed by atoms with van der Waals surface area (Å²) in [6.45, 7) is 0.787. The fraction of sp³-hybridized carbons (Fsp3) is 0.188. The molecule has 0 aliphatic rings. The van der Waals surface area contributed by atoms with Crippen LogP contribution in [0.25, 0.3) is 0 Å². The molecule has 0 aliphatic heterocycles. The van der Waals surface area contributed by atoms with Crippen LogP contribution in [0.1, 0.15) is 17.0 Å². The van der Waals surface area contributed by atoms with Gasteiger partial charge >= 0.3 is 0 Å². The Labute approximate surface area is 127 Å². The number of carbonyl (C=O) groups is 1. The van der Waals surface area contributed by atoms with E-state index in [1.165, 1.54) is 0 Å². The number of benzene rings is 2. The smallest absolute Gasteiger partial charge is 0.229 e. The molecule has 0 radical (unpaired) electrons. The first-order valence-electron chi connectivity index (χ1n) is 6.48. The number of hydrogen-bond acceptors (Lipinski definition) is 2. The summed E-state index contributed by atoms with van der Waals surface area (Å²) < 4.78 is 0.990. The third kappa shape index (κ3) is 3.68. The minimum Gasteiger partial charge on any atom is -0.351 e. The predicted octanol–water partition coefficient (Wildman–Crippen LogP) is 2.81. The molecule has 0 saturated carbocycles. The normalized spacial score (nSPS) is 11.9. The molecule has 2 aromatic carbocycles. The Hall–Kier alpha value is -1.65. The highest BCUT2D eigenvalue weighted by Gasteiger charge is 2.18. The van der Waals surface area contributed by atoms with E-state index in [1.54, 1.807) is 0 Å². The Kier molecular flexibility index (Phi) is 5.32. The van der Waals surface area contributed by atoms with E-state index in [0.717, 1.165) is 15.6 Å². The SMILES string of the molecule is NCC(C(=O)NCc1ccccc1Br)c1ccccc1. The van der Waals surface area contributed by atoms with Gasteiger partial charge in [-0.1, -0.05) is 64.5 Å². The van der Waals surface area contributed by atoms with Crippen molar-refractivity contribution >= 4 is 21.8 Å². The number of hydrogen-bond donors (Lipinski definition) is 2. The van der Waals surface area contributed by atoms with Gasteiger partial charge in [0.1, 0.15) is 0 Å². The molecule has 2 aromatic rings. The maximum Gasteiger partial charge on any atom is 0.229 e. The van der Waals surface area contributed by atoms with E-state index in [9.17, 15) is 4.79 Å². The topological polar surface area (TPSA) is 55.1 Å². The van der Waals surface area contributed by atoms with E-state index >= 15 is 0 Å². The second-order valence-corrected chi connectivity index (χ2v) is 5.36. The minimum atomic E-state index is -0.307. The third-order valence-electron chi connectivity index (χ3n) is 3.17. The molecule has 0 heterocycles. The molecular weight excluding hydrogens is 316 g/mol. The van der Waals surface area contributed by atoms with E-state index in [-0.39, 0.29) is 11.8 Å². The van der Waals surface area contributed by atoms with E-state index in [1.807, 2.05) is 54.6 Å². The zero-order valence-corrected chi connectivity index (χ0v) is 12.6. The van der Waals surface area contributed by atoms with Crippen molar-refractivity contribution in [1.29, 1.82) is 0 Å². The van der Waals surface area contributed by atoms with Crippen molar-refractivity contribution in [2.75, 3.05) is 6.54 Å². The quantitative estimate of drug-likeness (QED) is 0.884. The highest BCUT2D eigenvalue weighted by Crippen LogP contribution is 2.17. The van der Waals surface area contributed by atoms with Crippen LogP contribution in [-0.4, -0.2) is 12.5 Å². The summed E-state index contributed by atoms with van der Waals surface area (Å²) >= 11 is 3.47. The van der Waals surface area contributed by atoms with E-state index in [2.05, 4.69) is 21.2 Å². The summed E-state index contributed by atoms with van der Waals surface area (Å²) in [6.07, 6.45) is 0. The van der Waals surface area contributed by atoms with E-state index < -0.39 is 0 Å². The minimum absolute atomic E-state index is 0.0468. The summed E-state index contributed by atoms with van der Waals surface area (Å²) in [5.41, 5.74) is 7.72. The van der Waals surface area contributed by atoms with Crippen molar-refractivity contribution in [3.63, 3.8) is 0 Å². The van der Waals surface area contributed by atoms with E-state index in [4.69, 9.17) is 5.73 Å². The van der Waals surface area contributed by atoms with Crippen molar-refractivity contribution in [3.8, 4) is 0 Å². The molecule has 0 aliphatic carbocycles. The van der Waals surface area contributed by atoms with Crippen LogP contribution in [0.5, 0.6) is 0 Å². The maximum atomic E-state index is 12.3. The fourth-order valence-corrected chi connectivity index (χ4v) is 2.45. The molecule has 0 bridgehead atoms. The van der Waals surface area contributed by atoms with Gasteiger partial charge in [0, 0.05) is 17.6 Å². The lowest BCUT2D eigenvalue weighted by molar-refractivity contribution is -0.122. The van der Waals surface area contributed by atoms with Gasteiger partial charge in [-0.05, 0) is 17.2 Å². The van der Waals surface area contributed by atoms with Crippen LogP contribution in [0, 0.1) is 0 Å². The molecule has 3 nitrogen and oxygen atoms in total. The van der Waals surface area contributed by atoms with Crippen LogP contribution in [0.15, 0.2) is 59.1 Å². The number of halogens is 1. The summed E-state index contributed by atoms with van der Waals surface area (Å²) in [5.74, 6) is -0.354. The van der Waals surface area contributed by atoms with Gasteiger partial charge in [-0.25, -0.2) is 0 Å². The molecule has 0 aromatic heterocycles. The van der Waals surface area contributed by atoms with Gasteiger partial charge in [-0.2, -0.15) is 0 Å². The van der Waals surface area contributed by atoms with Crippen LogP contribution < -0.4 is 11.1 Å². The van der Waals surface area contributed by atoms with Crippen LogP contribution in [-0.2, 0) is 11.3 Å². The second-order valence-electron chi connectivity index (χ2n) is 4.51. The van der Waals surface area contributed by atoms with Crippen molar-refractivity contribution in [1.82, 2.24) is 5.32 Å². The first-order chi connectivity index (χ1) is 9.72. The Morgan fingerprint density at radius 1 is 1.10 bits per heavy atom. The molecule has 104 valence electrons. The average Bonchev–Trinajstić information content (AvgIpc) is 2.48. The zero-order valence-electron chi connectivity index (χ0n) is 11.1. The van der Waals surface area contributed by atoms with Crippen molar-refractivity contribution in [2.45, 2.75) is 12.5 Å². The third-order valence-corrected chi connectivity index (χ3v) is 3.94. The van der Waals surface area contributed by atoms with Gasteiger partial charge < -0.3 is 11.1 Å². The number of nitrogens with two attached hydrogens (primary N) is 1.